The number of nitro benzene ring substituents is 1. The summed E-state index contributed by atoms with van der Waals surface area (Å²) in [6.07, 6.45) is 1.16. The SMILES string of the molecule is CCOc1cc(C)c(-c2nc3ccccc3c(=O)n2N=Cc2cc(Cl)cc([N+](=O)[O-])c2O)cc1C(C)C. The Bertz CT molecular complexity index is 1610. The van der Waals surface area contributed by atoms with Crippen molar-refractivity contribution in [1.29, 1.82) is 0 Å². The zero-order chi connectivity index (χ0) is 26.9. The van der Waals surface area contributed by atoms with Gasteiger partial charge in [-0.15, -0.1) is 0 Å². The second-order valence-corrected chi connectivity index (χ2v) is 9.16. The normalized spacial score (nSPS) is 11.5. The number of aromatic nitrogens is 2. The van der Waals surface area contributed by atoms with Crippen molar-refractivity contribution >= 4 is 34.4 Å². The molecule has 0 saturated heterocycles. The first-order valence-corrected chi connectivity index (χ1v) is 12.0. The summed E-state index contributed by atoms with van der Waals surface area (Å²) < 4.78 is 6.97. The second-order valence-electron chi connectivity index (χ2n) is 8.73. The van der Waals surface area contributed by atoms with Gasteiger partial charge in [-0.25, -0.2) is 4.98 Å². The number of phenols is 1. The van der Waals surface area contributed by atoms with Crippen LogP contribution in [0.2, 0.25) is 5.02 Å². The molecule has 1 N–H and O–H groups in total. The highest BCUT2D eigenvalue weighted by Crippen LogP contribution is 2.35. The molecular weight excluding hydrogens is 496 g/mol. The average Bonchev–Trinajstić information content (AvgIpc) is 2.85. The third-order valence-electron chi connectivity index (χ3n) is 5.87. The number of nitro groups is 1. The molecule has 1 heterocycles. The van der Waals surface area contributed by atoms with Gasteiger partial charge in [-0.3, -0.25) is 14.9 Å². The van der Waals surface area contributed by atoms with Crippen LogP contribution in [0.3, 0.4) is 0 Å². The number of fused-ring (bicyclic) bond motifs is 1. The van der Waals surface area contributed by atoms with Crippen LogP contribution in [0.1, 0.15) is 43.4 Å². The molecule has 4 aromatic rings. The summed E-state index contributed by atoms with van der Waals surface area (Å²) in [6, 6.07) is 13.1. The molecule has 0 bridgehead atoms. The standard InChI is InChI=1S/C27H25ClN4O5/c1-5-37-24-10-16(4)21(13-20(24)15(2)3)26-30-22-9-7-6-8-19(22)27(34)31(26)29-14-17-11-18(28)12-23(25(17)33)32(35)36/h6-15,33H,5H2,1-4H3. The molecule has 0 atom stereocenters. The molecule has 10 heteroatoms. The number of rotatable bonds is 7. The molecule has 0 fully saturated rings. The lowest BCUT2D eigenvalue weighted by atomic mass is 9.96. The Balaban J connectivity index is 2.00. The molecular formula is C27H25ClN4O5. The van der Waals surface area contributed by atoms with Crippen molar-refractivity contribution < 1.29 is 14.8 Å². The van der Waals surface area contributed by atoms with Crippen LogP contribution in [0.15, 0.2) is 58.4 Å². The number of hydrogen-bond acceptors (Lipinski definition) is 7. The molecule has 0 radical (unpaired) electrons. The van der Waals surface area contributed by atoms with Crippen LogP contribution in [0.25, 0.3) is 22.3 Å². The molecule has 0 unspecified atom stereocenters. The second kappa shape index (κ2) is 10.4. The van der Waals surface area contributed by atoms with E-state index in [2.05, 4.69) is 5.10 Å². The summed E-state index contributed by atoms with van der Waals surface area (Å²) >= 11 is 6.02. The number of phenolic OH excluding ortho intramolecular Hbond substituents is 1. The predicted molar refractivity (Wildman–Crippen MR) is 144 cm³/mol. The van der Waals surface area contributed by atoms with Gasteiger partial charge in [-0.05, 0) is 61.2 Å². The Morgan fingerprint density at radius 1 is 1.24 bits per heavy atom. The van der Waals surface area contributed by atoms with Gasteiger partial charge in [0.15, 0.2) is 5.82 Å². The number of para-hydroxylation sites is 1. The van der Waals surface area contributed by atoms with Gasteiger partial charge < -0.3 is 9.84 Å². The fraction of sp³-hybridized carbons (Fsp3) is 0.222. The largest absolute Gasteiger partial charge is 0.502 e. The highest BCUT2D eigenvalue weighted by atomic mass is 35.5. The fourth-order valence-corrected chi connectivity index (χ4v) is 4.26. The van der Waals surface area contributed by atoms with Crippen LogP contribution in [0.5, 0.6) is 11.5 Å². The lowest BCUT2D eigenvalue weighted by Crippen LogP contribution is -2.21. The third-order valence-corrected chi connectivity index (χ3v) is 6.08. The van der Waals surface area contributed by atoms with Crippen molar-refractivity contribution in [1.82, 2.24) is 9.66 Å². The van der Waals surface area contributed by atoms with Gasteiger partial charge in [0.25, 0.3) is 5.56 Å². The van der Waals surface area contributed by atoms with Crippen molar-refractivity contribution in [2.75, 3.05) is 6.61 Å². The zero-order valence-corrected chi connectivity index (χ0v) is 21.5. The number of nitrogens with zero attached hydrogens (tertiary/aromatic N) is 4. The van der Waals surface area contributed by atoms with E-state index in [1.807, 2.05) is 39.8 Å². The van der Waals surface area contributed by atoms with Crippen LogP contribution in [-0.4, -0.2) is 32.5 Å². The van der Waals surface area contributed by atoms with Crippen LogP contribution < -0.4 is 10.3 Å². The number of aryl methyl sites for hydroxylation is 1. The van der Waals surface area contributed by atoms with E-state index in [-0.39, 0.29) is 22.3 Å². The average molecular weight is 521 g/mol. The Morgan fingerprint density at radius 3 is 2.65 bits per heavy atom. The minimum absolute atomic E-state index is 0.0171. The monoisotopic (exact) mass is 520 g/mol. The molecule has 0 spiro atoms. The first-order valence-electron chi connectivity index (χ1n) is 11.6. The van der Waals surface area contributed by atoms with Crippen LogP contribution in [-0.2, 0) is 0 Å². The summed E-state index contributed by atoms with van der Waals surface area (Å²) in [5.41, 5.74) is 1.91. The molecule has 37 heavy (non-hydrogen) atoms. The summed E-state index contributed by atoms with van der Waals surface area (Å²) in [5, 5.41) is 26.4. The zero-order valence-electron chi connectivity index (χ0n) is 20.7. The van der Waals surface area contributed by atoms with Gasteiger partial charge in [-0.2, -0.15) is 9.78 Å². The molecule has 0 aliphatic heterocycles. The van der Waals surface area contributed by atoms with E-state index in [9.17, 15) is 20.0 Å². The fourth-order valence-electron chi connectivity index (χ4n) is 4.04. The van der Waals surface area contributed by atoms with Crippen molar-refractivity contribution in [3.05, 3.63) is 90.7 Å². The molecule has 0 saturated carbocycles. The quantitative estimate of drug-likeness (QED) is 0.180. The van der Waals surface area contributed by atoms with Crippen LogP contribution in [0, 0.1) is 17.0 Å². The third kappa shape index (κ3) is 5.03. The molecule has 0 aliphatic carbocycles. The van der Waals surface area contributed by atoms with E-state index in [1.165, 1.54) is 6.07 Å². The molecule has 190 valence electrons. The minimum Gasteiger partial charge on any atom is -0.502 e. The first-order chi connectivity index (χ1) is 17.6. The van der Waals surface area contributed by atoms with Gasteiger partial charge in [0.05, 0.1) is 28.6 Å². The summed E-state index contributed by atoms with van der Waals surface area (Å²) in [7, 11) is 0. The number of aromatic hydroxyl groups is 1. The van der Waals surface area contributed by atoms with Gasteiger partial charge in [0, 0.05) is 22.2 Å². The molecule has 0 aliphatic rings. The van der Waals surface area contributed by atoms with Gasteiger partial charge in [0.2, 0.25) is 5.75 Å². The van der Waals surface area contributed by atoms with Gasteiger partial charge >= 0.3 is 5.69 Å². The van der Waals surface area contributed by atoms with Gasteiger partial charge in [0.1, 0.15) is 5.75 Å². The maximum absolute atomic E-state index is 13.6. The summed E-state index contributed by atoms with van der Waals surface area (Å²) in [6.45, 7) is 8.41. The highest BCUT2D eigenvalue weighted by molar-refractivity contribution is 6.31. The highest BCUT2D eigenvalue weighted by Gasteiger charge is 2.20. The first kappa shape index (κ1) is 25.8. The minimum atomic E-state index is -0.746. The van der Waals surface area contributed by atoms with E-state index < -0.39 is 21.9 Å². The van der Waals surface area contributed by atoms with Crippen LogP contribution in [0.4, 0.5) is 5.69 Å². The maximum atomic E-state index is 13.6. The molecule has 4 rings (SSSR count). The van der Waals surface area contributed by atoms with E-state index in [4.69, 9.17) is 21.3 Å². The predicted octanol–water partition coefficient (Wildman–Crippen LogP) is 6.04. The van der Waals surface area contributed by atoms with E-state index in [0.29, 0.717) is 23.1 Å². The lowest BCUT2D eigenvalue weighted by molar-refractivity contribution is -0.385. The Morgan fingerprint density at radius 2 is 1.97 bits per heavy atom. The molecule has 1 aromatic heterocycles. The maximum Gasteiger partial charge on any atom is 0.312 e. The van der Waals surface area contributed by atoms with Crippen LogP contribution >= 0.6 is 11.6 Å². The van der Waals surface area contributed by atoms with Crippen molar-refractivity contribution in [2.24, 2.45) is 5.10 Å². The molecule has 9 nitrogen and oxygen atoms in total. The topological polar surface area (TPSA) is 120 Å². The molecule has 0 amide bonds. The summed E-state index contributed by atoms with van der Waals surface area (Å²) in [4.78, 5) is 28.9. The van der Waals surface area contributed by atoms with E-state index >= 15 is 0 Å². The Labute approximate surface area is 217 Å². The van der Waals surface area contributed by atoms with E-state index in [1.54, 1.807) is 24.3 Å². The van der Waals surface area contributed by atoms with Crippen molar-refractivity contribution in [2.45, 2.75) is 33.6 Å². The summed E-state index contributed by atoms with van der Waals surface area (Å²) in [5.74, 6) is 0.557. The van der Waals surface area contributed by atoms with Crippen molar-refractivity contribution in [3.63, 3.8) is 0 Å². The number of halogens is 1. The Kier molecular flexibility index (Phi) is 7.26. The Hall–Kier alpha value is -4.24. The van der Waals surface area contributed by atoms with Gasteiger partial charge in [-0.1, -0.05) is 37.6 Å². The van der Waals surface area contributed by atoms with E-state index in [0.717, 1.165) is 33.8 Å². The smallest absolute Gasteiger partial charge is 0.312 e. The number of hydrogen-bond donors (Lipinski definition) is 1. The lowest BCUT2D eigenvalue weighted by Gasteiger charge is -2.18. The van der Waals surface area contributed by atoms with Crippen molar-refractivity contribution in [3.8, 4) is 22.9 Å². The number of benzene rings is 3. The molecule has 3 aromatic carbocycles. The number of ether oxygens (including phenoxy) is 1.